The van der Waals surface area contributed by atoms with E-state index in [1.54, 1.807) is 20.4 Å². The predicted octanol–water partition coefficient (Wildman–Crippen LogP) is 3.74. The minimum absolute atomic E-state index is 0.103. The van der Waals surface area contributed by atoms with Crippen molar-refractivity contribution in [2.24, 2.45) is 4.99 Å². The van der Waals surface area contributed by atoms with Gasteiger partial charge in [-0.2, -0.15) is 0 Å². The summed E-state index contributed by atoms with van der Waals surface area (Å²) in [6.07, 6.45) is 3.74. The SMILES string of the molecule is CCOc1cc2c(cc1OCC)[C@H]1C[C@H](O)CC[C@H]1N=C2c1cnc(OC)c(OC)c1. The molecule has 2 heterocycles. The van der Waals surface area contributed by atoms with E-state index in [0.717, 1.165) is 41.0 Å². The summed E-state index contributed by atoms with van der Waals surface area (Å²) in [6.45, 7) is 5.00. The Kier molecular flexibility index (Phi) is 6.32. The van der Waals surface area contributed by atoms with E-state index in [0.29, 0.717) is 37.0 Å². The molecule has 2 aromatic rings. The third-order valence-corrected chi connectivity index (χ3v) is 5.96. The lowest BCUT2D eigenvalue weighted by molar-refractivity contribution is 0.111. The van der Waals surface area contributed by atoms with Crippen LogP contribution in [0.4, 0.5) is 0 Å². The zero-order chi connectivity index (χ0) is 22.0. The van der Waals surface area contributed by atoms with Crippen molar-refractivity contribution in [3.05, 3.63) is 41.1 Å². The van der Waals surface area contributed by atoms with Crippen LogP contribution in [0.15, 0.2) is 29.4 Å². The molecule has 0 saturated heterocycles. The Labute approximate surface area is 183 Å². The summed E-state index contributed by atoms with van der Waals surface area (Å²) in [7, 11) is 3.17. The fourth-order valence-corrected chi connectivity index (χ4v) is 4.57. The van der Waals surface area contributed by atoms with Gasteiger partial charge < -0.3 is 24.1 Å². The van der Waals surface area contributed by atoms with Gasteiger partial charge in [0, 0.05) is 23.2 Å². The van der Waals surface area contributed by atoms with Crippen LogP contribution in [0.5, 0.6) is 23.1 Å². The van der Waals surface area contributed by atoms with E-state index in [1.807, 2.05) is 26.0 Å². The average Bonchev–Trinajstić information content (AvgIpc) is 2.79. The molecule has 1 N–H and O–H groups in total. The maximum Gasteiger partial charge on any atom is 0.256 e. The third-order valence-electron chi connectivity index (χ3n) is 5.96. The van der Waals surface area contributed by atoms with Crippen molar-refractivity contribution in [2.75, 3.05) is 27.4 Å². The van der Waals surface area contributed by atoms with E-state index in [1.165, 1.54) is 0 Å². The molecule has 7 nitrogen and oxygen atoms in total. The van der Waals surface area contributed by atoms with Gasteiger partial charge in [0.05, 0.1) is 45.3 Å². The second-order valence-corrected chi connectivity index (χ2v) is 7.81. The van der Waals surface area contributed by atoms with Gasteiger partial charge in [-0.3, -0.25) is 4.99 Å². The van der Waals surface area contributed by atoms with E-state index < -0.39 is 0 Å². The highest BCUT2D eigenvalue weighted by atomic mass is 16.5. The number of fused-ring (bicyclic) bond motifs is 3. The molecule has 3 atom stereocenters. The first-order valence-corrected chi connectivity index (χ1v) is 10.9. The molecule has 1 aliphatic heterocycles. The van der Waals surface area contributed by atoms with Crippen molar-refractivity contribution in [1.29, 1.82) is 0 Å². The van der Waals surface area contributed by atoms with E-state index in [-0.39, 0.29) is 18.1 Å². The molecule has 0 amide bonds. The van der Waals surface area contributed by atoms with Gasteiger partial charge >= 0.3 is 0 Å². The minimum Gasteiger partial charge on any atom is -0.491 e. The first kappa shape index (κ1) is 21.4. The molecule has 0 radical (unpaired) electrons. The van der Waals surface area contributed by atoms with Crippen LogP contribution >= 0.6 is 0 Å². The van der Waals surface area contributed by atoms with Crippen LogP contribution in [-0.4, -0.2) is 55.4 Å². The molecule has 0 bridgehead atoms. The quantitative estimate of drug-likeness (QED) is 0.726. The van der Waals surface area contributed by atoms with Crippen molar-refractivity contribution in [3.8, 4) is 23.1 Å². The largest absolute Gasteiger partial charge is 0.491 e. The Hall–Kier alpha value is -2.80. The van der Waals surface area contributed by atoms with Crippen LogP contribution < -0.4 is 18.9 Å². The highest BCUT2D eigenvalue weighted by Gasteiger charge is 2.37. The van der Waals surface area contributed by atoms with E-state index in [9.17, 15) is 5.11 Å². The van der Waals surface area contributed by atoms with Crippen LogP contribution in [0.3, 0.4) is 0 Å². The van der Waals surface area contributed by atoms with Crippen LogP contribution in [0.2, 0.25) is 0 Å². The number of ether oxygens (including phenoxy) is 4. The highest BCUT2D eigenvalue weighted by molar-refractivity contribution is 6.15. The molecular formula is C24H30N2O5. The summed E-state index contributed by atoms with van der Waals surface area (Å²) in [6, 6.07) is 6.09. The monoisotopic (exact) mass is 426 g/mol. The first-order valence-electron chi connectivity index (χ1n) is 10.9. The standard InChI is InChI=1S/C24H30N2O5/c1-5-30-20-11-16-17-10-15(27)7-8-19(17)26-23(18(16)12-21(20)31-6-2)14-9-22(28-3)24(29-4)25-13-14/h9,11-13,15,17,19,27H,5-8,10H2,1-4H3/t15-,17-,19-/m1/s1. The van der Waals surface area contributed by atoms with Crippen molar-refractivity contribution in [2.45, 2.75) is 51.2 Å². The summed E-state index contributed by atoms with van der Waals surface area (Å²) in [5, 5.41) is 10.3. The normalized spacial score (nSPS) is 22.1. The van der Waals surface area contributed by atoms with Gasteiger partial charge in [-0.25, -0.2) is 4.98 Å². The van der Waals surface area contributed by atoms with E-state index in [2.05, 4.69) is 11.1 Å². The third kappa shape index (κ3) is 4.06. The molecule has 31 heavy (non-hydrogen) atoms. The number of aliphatic hydroxyl groups excluding tert-OH is 1. The summed E-state index contributed by atoms with van der Waals surface area (Å²) in [5.74, 6) is 2.56. The number of pyridine rings is 1. The number of rotatable bonds is 7. The van der Waals surface area contributed by atoms with E-state index in [4.69, 9.17) is 23.9 Å². The zero-order valence-corrected chi connectivity index (χ0v) is 18.6. The Morgan fingerprint density at radius 1 is 0.968 bits per heavy atom. The lowest BCUT2D eigenvalue weighted by atomic mass is 9.74. The van der Waals surface area contributed by atoms with Crippen molar-refractivity contribution in [1.82, 2.24) is 4.98 Å². The Balaban J connectivity index is 1.88. The minimum atomic E-state index is -0.310. The van der Waals surface area contributed by atoms with Gasteiger partial charge in [-0.15, -0.1) is 0 Å². The second-order valence-electron chi connectivity index (χ2n) is 7.81. The Morgan fingerprint density at radius 2 is 1.71 bits per heavy atom. The molecule has 4 rings (SSSR count). The average molecular weight is 427 g/mol. The fraction of sp³-hybridized carbons (Fsp3) is 0.500. The topological polar surface area (TPSA) is 82.4 Å². The fourth-order valence-electron chi connectivity index (χ4n) is 4.57. The Bertz CT molecular complexity index is 975. The number of aromatic nitrogens is 1. The number of methoxy groups -OCH3 is 2. The van der Waals surface area contributed by atoms with Crippen LogP contribution in [0.25, 0.3) is 0 Å². The summed E-state index contributed by atoms with van der Waals surface area (Å²) in [4.78, 5) is 9.54. The smallest absolute Gasteiger partial charge is 0.256 e. The number of nitrogens with zero attached hydrogens (tertiary/aromatic N) is 2. The number of hydrogen-bond acceptors (Lipinski definition) is 7. The molecule has 1 saturated carbocycles. The molecule has 0 spiro atoms. The van der Waals surface area contributed by atoms with Crippen LogP contribution in [0, 0.1) is 0 Å². The summed E-state index contributed by atoms with van der Waals surface area (Å²) in [5.41, 5.74) is 3.83. The highest BCUT2D eigenvalue weighted by Crippen LogP contribution is 2.45. The van der Waals surface area contributed by atoms with E-state index >= 15 is 0 Å². The molecular weight excluding hydrogens is 396 g/mol. The van der Waals surface area contributed by atoms with Crippen LogP contribution in [-0.2, 0) is 0 Å². The van der Waals surface area contributed by atoms with Crippen molar-refractivity contribution < 1.29 is 24.1 Å². The van der Waals surface area contributed by atoms with Gasteiger partial charge in [0.1, 0.15) is 0 Å². The molecule has 1 aromatic carbocycles. The maximum absolute atomic E-state index is 10.3. The zero-order valence-electron chi connectivity index (χ0n) is 18.6. The molecule has 166 valence electrons. The van der Waals surface area contributed by atoms with Gasteiger partial charge in [-0.05, 0) is 56.9 Å². The number of aliphatic imine (C=N–C) groups is 1. The lowest BCUT2D eigenvalue weighted by Gasteiger charge is -2.37. The molecule has 7 heteroatoms. The van der Waals surface area contributed by atoms with Gasteiger partial charge in [0.2, 0.25) is 0 Å². The number of aliphatic hydroxyl groups is 1. The second kappa shape index (κ2) is 9.14. The van der Waals surface area contributed by atoms with Gasteiger partial charge in [-0.1, -0.05) is 0 Å². The number of hydrogen-bond donors (Lipinski definition) is 1. The molecule has 1 fully saturated rings. The molecule has 1 aliphatic carbocycles. The molecule has 1 aromatic heterocycles. The maximum atomic E-state index is 10.3. The number of benzene rings is 1. The molecule has 2 aliphatic rings. The lowest BCUT2D eigenvalue weighted by Crippen LogP contribution is -2.34. The summed E-state index contributed by atoms with van der Waals surface area (Å²) < 4.78 is 22.6. The van der Waals surface area contributed by atoms with Crippen molar-refractivity contribution in [3.63, 3.8) is 0 Å². The van der Waals surface area contributed by atoms with Crippen molar-refractivity contribution >= 4 is 5.71 Å². The predicted molar refractivity (Wildman–Crippen MR) is 118 cm³/mol. The molecule has 0 unspecified atom stereocenters. The van der Waals surface area contributed by atoms with Gasteiger partial charge in [0.25, 0.3) is 5.88 Å². The Morgan fingerprint density at radius 3 is 2.39 bits per heavy atom. The van der Waals surface area contributed by atoms with Gasteiger partial charge in [0.15, 0.2) is 17.2 Å². The first-order chi connectivity index (χ1) is 15.1. The van der Waals surface area contributed by atoms with Crippen LogP contribution in [0.1, 0.15) is 55.7 Å². The summed E-state index contributed by atoms with van der Waals surface area (Å²) >= 11 is 0.